The monoisotopic (exact) mass is 400 g/mol. The first-order chi connectivity index (χ1) is 12.8. The molecule has 1 amide bonds. The third-order valence-electron chi connectivity index (χ3n) is 4.21. The number of nitrogens with zero attached hydrogens (tertiary/aromatic N) is 1. The number of aromatic nitrogens is 1. The standard InChI is InChI=1S/C21H21ClN2O2S/c1-12-5-6-13(2)17(9-12)18-11-27-21(23-18)24-20(25)15(4)26-19-8-7-16(22)10-14(19)3/h5-11,15H,1-4H3,(H,23,24,25). The number of anilines is 1. The number of rotatable bonds is 5. The van der Waals surface area contributed by atoms with E-state index in [-0.39, 0.29) is 5.91 Å². The molecule has 6 heteroatoms. The zero-order chi connectivity index (χ0) is 19.6. The molecule has 1 aromatic heterocycles. The van der Waals surface area contributed by atoms with E-state index >= 15 is 0 Å². The van der Waals surface area contributed by atoms with Gasteiger partial charge in [0, 0.05) is 16.0 Å². The molecule has 3 rings (SSSR count). The molecule has 0 saturated heterocycles. The minimum Gasteiger partial charge on any atom is -0.481 e. The number of ether oxygens (including phenoxy) is 1. The topological polar surface area (TPSA) is 51.2 Å². The maximum absolute atomic E-state index is 12.5. The molecule has 0 aliphatic carbocycles. The Morgan fingerprint density at radius 1 is 1.15 bits per heavy atom. The minimum absolute atomic E-state index is 0.244. The molecule has 2 aromatic carbocycles. The van der Waals surface area contributed by atoms with E-state index in [2.05, 4.69) is 42.3 Å². The molecule has 1 unspecified atom stereocenters. The van der Waals surface area contributed by atoms with Crippen molar-refractivity contribution in [1.82, 2.24) is 4.98 Å². The van der Waals surface area contributed by atoms with Gasteiger partial charge in [0.25, 0.3) is 5.91 Å². The van der Waals surface area contributed by atoms with Gasteiger partial charge < -0.3 is 4.74 Å². The van der Waals surface area contributed by atoms with Crippen molar-refractivity contribution in [2.45, 2.75) is 33.8 Å². The lowest BCUT2D eigenvalue weighted by Gasteiger charge is -2.15. The molecule has 0 fully saturated rings. The van der Waals surface area contributed by atoms with Gasteiger partial charge in [-0.15, -0.1) is 11.3 Å². The van der Waals surface area contributed by atoms with Crippen LogP contribution in [0.1, 0.15) is 23.6 Å². The average Bonchev–Trinajstić information content (AvgIpc) is 3.07. The summed E-state index contributed by atoms with van der Waals surface area (Å²) in [5, 5.41) is 5.98. The predicted molar refractivity (Wildman–Crippen MR) is 112 cm³/mol. The van der Waals surface area contributed by atoms with Gasteiger partial charge in [-0.05, 0) is 63.1 Å². The number of nitrogens with one attached hydrogen (secondary N) is 1. The summed E-state index contributed by atoms with van der Waals surface area (Å²) in [7, 11) is 0. The fraction of sp³-hybridized carbons (Fsp3) is 0.238. The number of benzene rings is 2. The van der Waals surface area contributed by atoms with Crippen LogP contribution >= 0.6 is 22.9 Å². The van der Waals surface area contributed by atoms with E-state index in [0.717, 1.165) is 22.4 Å². The third-order valence-corrected chi connectivity index (χ3v) is 5.21. The van der Waals surface area contributed by atoms with Crippen LogP contribution in [0.4, 0.5) is 5.13 Å². The molecule has 4 nitrogen and oxygen atoms in total. The molecule has 140 valence electrons. The van der Waals surface area contributed by atoms with E-state index in [1.165, 1.54) is 16.9 Å². The number of halogens is 1. The van der Waals surface area contributed by atoms with E-state index in [1.54, 1.807) is 25.1 Å². The van der Waals surface area contributed by atoms with Crippen molar-refractivity contribution in [1.29, 1.82) is 0 Å². The van der Waals surface area contributed by atoms with Crippen LogP contribution in [0.3, 0.4) is 0 Å². The number of hydrogen-bond donors (Lipinski definition) is 1. The molecule has 0 aliphatic heterocycles. The lowest BCUT2D eigenvalue weighted by molar-refractivity contribution is -0.122. The summed E-state index contributed by atoms with van der Waals surface area (Å²) < 4.78 is 5.77. The molecular weight excluding hydrogens is 380 g/mol. The Kier molecular flexibility index (Phi) is 5.82. The third kappa shape index (κ3) is 4.67. The fourth-order valence-electron chi connectivity index (χ4n) is 2.66. The van der Waals surface area contributed by atoms with Gasteiger partial charge in [0.2, 0.25) is 0 Å². The number of aryl methyl sites for hydroxylation is 3. The maximum Gasteiger partial charge on any atom is 0.266 e. The highest BCUT2D eigenvalue weighted by atomic mass is 35.5. The quantitative estimate of drug-likeness (QED) is 0.589. The van der Waals surface area contributed by atoms with E-state index in [4.69, 9.17) is 16.3 Å². The van der Waals surface area contributed by atoms with Crippen LogP contribution < -0.4 is 10.1 Å². The van der Waals surface area contributed by atoms with Gasteiger partial charge in [0.1, 0.15) is 5.75 Å². The highest BCUT2D eigenvalue weighted by Gasteiger charge is 2.18. The smallest absolute Gasteiger partial charge is 0.266 e. The van der Waals surface area contributed by atoms with Gasteiger partial charge in [-0.1, -0.05) is 29.3 Å². The molecule has 1 heterocycles. The Hall–Kier alpha value is -2.37. The minimum atomic E-state index is -0.655. The number of carbonyl (C=O) groups is 1. The molecule has 1 N–H and O–H groups in total. The second-order valence-corrected chi connectivity index (χ2v) is 7.81. The molecule has 0 radical (unpaired) electrons. The van der Waals surface area contributed by atoms with Crippen molar-refractivity contribution < 1.29 is 9.53 Å². The largest absolute Gasteiger partial charge is 0.481 e. The van der Waals surface area contributed by atoms with Crippen molar-refractivity contribution in [3.05, 3.63) is 63.5 Å². The average molecular weight is 401 g/mol. The van der Waals surface area contributed by atoms with Crippen LogP contribution in [-0.2, 0) is 4.79 Å². The lowest BCUT2D eigenvalue weighted by Crippen LogP contribution is -2.30. The zero-order valence-electron chi connectivity index (χ0n) is 15.7. The molecule has 0 bridgehead atoms. The van der Waals surface area contributed by atoms with Crippen molar-refractivity contribution in [3.8, 4) is 17.0 Å². The van der Waals surface area contributed by atoms with Crippen molar-refractivity contribution in [2.75, 3.05) is 5.32 Å². The van der Waals surface area contributed by atoms with E-state index < -0.39 is 6.10 Å². The van der Waals surface area contributed by atoms with Gasteiger partial charge in [-0.2, -0.15) is 0 Å². The van der Waals surface area contributed by atoms with Crippen LogP contribution in [-0.4, -0.2) is 17.0 Å². The van der Waals surface area contributed by atoms with E-state index in [0.29, 0.717) is 15.9 Å². The Balaban J connectivity index is 1.69. The lowest BCUT2D eigenvalue weighted by atomic mass is 10.0. The molecule has 27 heavy (non-hydrogen) atoms. The highest BCUT2D eigenvalue weighted by molar-refractivity contribution is 7.14. The molecular formula is C21H21ClN2O2S. The van der Waals surface area contributed by atoms with Crippen LogP contribution in [0, 0.1) is 20.8 Å². The summed E-state index contributed by atoms with van der Waals surface area (Å²) in [6.45, 7) is 7.71. The molecule has 1 atom stereocenters. The van der Waals surface area contributed by atoms with Crippen molar-refractivity contribution in [3.63, 3.8) is 0 Å². The SMILES string of the molecule is Cc1ccc(C)c(-c2csc(NC(=O)C(C)Oc3ccc(Cl)cc3C)n2)c1. The number of hydrogen-bond acceptors (Lipinski definition) is 4. The molecule has 0 saturated carbocycles. The van der Waals surface area contributed by atoms with E-state index in [9.17, 15) is 4.79 Å². The number of thiazole rings is 1. The normalized spacial score (nSPS) is 11.9. The summed E-state index contributed by atoms with van der Waals surface area (Å²) in [6, 6.07) is 11.6. The second-order valence-electron chi connectivity index (χ2n) is 6.52. The summed E-state index contributed by atoms with van der Waals surface area (Å²) in [6.07, 6.45) is -0.655. The van der Waals surface area contributed by atoms with Gasteiger partial charge in [0.15, 0.2) is 11.2 Å². The molecule has 0 aliphatic rings. The summed E-state index contributed by atoms with van der Waals surface area (Å²) >= 11 is 7.36. The van der Waals surface area contributed by atoms with Gasteiger partial charge in [0.05, 0.1) is 5.69 Å². The highest BCUT2D eigenvalue weighted by Crippen LogP contribution is 2.28. The fourth-order valence-corrected chi connectivity index (χ4v) is 3.60. The van der Waals surface area contributed by atoms with Crippen molar-refractivity contribution >= 4 is 34.0 Å². The van der Waals surface area contributed by atoms with Gasteiger partial charge >= 0.3 is 0 Å². The second kappa shape index (κ2) is 8.11. The Bertz CT molecular complexity index is 984. The van der Waals surface area contributed by atoms with Crippen LogP contribution in [0.2, 0.25) is 5.02 Å². The Labute approximate surface area is 168 Å². The molecule has 0 spiro atoms. The Morgan fingerprint density at radius 2 is 1.93 bits per heavy atom. The number of amides is 1. The van der Waals surface area contributed by atoms with Crippen LogP contribution in [0.25, 0.3) is 11.3 Å². The first kappa shape index (κ1) is 19.4. The van der Waals surface area contributed by atoms with Crippen LogP contribution in [0.5, 0.6) is 5.75 Å². The summed E-state index contributed by atoms with van der Waals surface area (Å²) in [5.41, 5.74) is 5.15. The summed E-state index contributed by atoms with van der Waals surface area (Å²) in [5.74, 6) is 0.392. The first-order valence-electron chi connectivity index (χ1n) is 8.60. The Morgan fingerprint density at radius 3 is 2.67 bits per heavy atom. The van der Waals surface area contributed by atoms with Crippen LogP contribution in [0.15, 0.2) is 41.8 Å². The maximum atomic E-state index is 12.5. The van der Waals surface area contributed by atoms with E-state index in [1.807, 2.05) is 12.3 Å². The first-order valence-corrected chi connectivity index (χ1v) is 9.86. The van der Waals surface area contributed by atoms with Crippen molar-refractivity contribution in [2.24, 2.45) is 0 Å². The molecule has 3 aromatic rings. The zero-order valence-corrected chi connectivity index (χ0v) is 17.2. The van der Waals surface area contributed by atoms with Gasteiger partial charge in [-0.25, -0.2) is 4.98 Å². The summed E-state index contributed by atoms with van der Waals surface area (Å²) in [4.78, 5) is 17.0. The predicted octanol–water partition coefficient (Wildman–Crippen LogP) is 5.79. The number of carbonyl (C=O) groups excluding carboxylic acids is 1. The van der Waals surface area contributed by atoms with Gasteiger partial charge in [-0.3, -0.25) is 10.1 Å².